The van der Waals surface area contributed by atoms with E-state index in [0.717, 1.165) is 5.56 Å². The van der Waals surface area contributed by atoms with Crippen LogP contribution < -0.4 is 5.73 Å². The first-order chi connectivity index (χ1) is 6.20. The Labute approximate surface area is 77.5 Å². The lowest BCUT2D eigenvalue weighted by atomic mass is 10.2. The number of hydrogen-bond donors (Lipinski definition) is 1. The van der Waals surface area contributed by atoms with Crippen molar-refractivity contribution in [2.45, 2.75) is 19.6 Å². The summed E-state index contributed by atoms with van der Waals surface area (Å²) >= 11 is 0. The van der Waals surface area contributed by atoms with Gasteiger partial charge in [0.25, 0.3) is 0 Å². The van der Waals surface area contributed by atoms with Gasteiger partial charge in [-0.25, -0.2) is 0 Å². The van der Waals surface area contributed by atoms with Crippen LogP contribution in [0.5, 0.6) is 0 Å². The van der Waals surface area contributed by atoms with Crippen molar-refractivity contribution in [2.75, 3.05) is 0 Å². The predicted molar refractivity (Wildman–Crippen MR) is 49.9 cm³/mol. The molecule has 1 amide bonds. The molecule has 70 valence electrons. The van der Waals surface area contributed by atoms with Gasteiger partial charge in [-0.1, -0.05) is 30.3 Å². The quantitative estimate of drug-likeness (QED) is 0.751. The molecule has 1 aromatic rings. The van der Waals surface area contributed by atoms with Crippen LogP contribution in [0.15, 0.2) is 30.3 Å². The highest BCUT2D eigenvalue weighted by molar-refractivity contribution is 5.78. The highest BCUT2D eigenvalue weighted by Crippen LogP contribution is 2.02. The standard InChI is InChI=1S/C10H13NO2/c1-8(10(11)12)13-7-9-5-3-2-4-6-9/h2-6,8H,7H2,1H3,(H2,11,12)/t8-/m1/s1. The zero-order valence-electron chi connectivity index (χ0n) is 7.57. The molecule has 2 N–H and O–H groups in total. The van der Waals surface area contributed by atoms with Crippen LogP contribution in [0.2, 0.25) is 0 Å². The highest BCUT2D eigenvalue weighted by atomic mass is 16.5. The van der Waals surface area contributed by atoms with E-state index in [-0.39, 0.29) is 0 Å². The van der Waals surface area contributed by atoms with Crippen LogP contribution in [-0.4, -0.2) is 12.0 Å². The zero-order chi connectivity index (χ0) is 9.68. The van der Waals surface area contributed by atoms with Crippen LogP contribution in [0.3, 0.4) is 0 Å². The van der Waals surface area contributed by atoms with Gasteiger partial charge < -0.3 is 10.5 Å². The number of carbonyl (C=O) groups excluding carboxylic acids is 1. The Morgan fingerprint density at radius 1 is 1.46 bits per heavy atom. The Morgan fingerprint density at radius 2 is 2.08 bits per heavy atom. The molecule has 1 atom stereocenters. The number of ether oxygens (including phenoxy) is 1. The maximum absolute atomic E-state index is 10.6. The summed E-state index contributed by atoms with van der Waals surface area (Å²) < 4.78 is 5.21. The second-order valence-electron chi connectivity index (χ2n) is 2.84. The fraction of sp³-hybridized carbons (Fsp3) is 0.300. The molecule has 0 radical (unpaired) electrons. The average Bonchev–Trinajstić information content (AvgIpc) is 2.15. The second kappa shape index (κ2) is 4.62. The number of amides is 1. The van der Waals surface area contributed by atoms with Gasteiger partial charge in [0.05, 0.1) is 6.61 Å². The minimum absolute atomic E-state index is 0.422. The van der Waals surface area contributed by atoms with Crippen molar-refractivity contribution in [2.24, 2.45) is 5.73 Å². The molecule has 1 rings (SSSR count). The van der Waals surface area contributed by atoms with Crippen molar-refractivity contribution in [1.82, 2.24) is 0 Å². The van der Waals surface area contributed by atoms with Crippen LogP contribution in [-0.2, 0) is 16.1 Å². The molecule has 0 bridgehead atoms. The molecule has 0 fully saturated rings. The van der Waals surface area contributed by atoms with Crippen LogP contribution in [0.4, 0.5) is 0 Å². The fourth-order valence-corrected chi connectivity index (χ4v) is 0.878. The number of primary amides is 1. The van der Waals surface area contributed by atoms with Gasteiger partial charge in [-0.3, -0.25) is 4.79 Å². The van der Waals surface area contributed by atoms with Gasteiger partial charge in [0.15, 0.2) is 0 Å². The minimum Gasteiger partial charge on any atom is -0.367 e. The Morgan fingerprint density at radius 3 is 2.62 bits per heavy atom. The first-order valence-corrected chi connectivity index (χ1v) is 4.15. The average molecular weight is 179 g/mol. The molecule has 0 aliphatic rings. The molecule has 3 nitrogen and oxygen atoms in total. The summed E-state index contributed by atoms with van der Waals surface area (Å²) in [5.74, 6) is -0.434. The van der Waals surface area contributed by atoms with Gasteiger partial charge in [0.2, 0.25) is 5.91 Å². The largest absolute Gasteiger partial charge is 0.367 e. The molecule has 0 saturated heterocycles. The third-order valence-electron chi connectivity index (χ3n) is 1.74. The van der Waals surface area contributed by atoms with Gasteiger partial charge in [-0.15, -0.1) is 0 Å². The predicted octanol–water partition coefficient (Wildman–Crippen LogP) is 1.08. The van der Waals surface area contributed by atoms with Gasteiger partial charge in [0.1, 0.15) is 6.10 Å². The number of nitrogens with two attached hydrogens (primary N) is 1. The van der Waals surface area contributed by atoms with Crippen molar-refractivity contribution in [1.29, 1.82) is 0 Å². The summed E-state index contributed by atoms with van der Waals surface area (Å²) in [4.78, 5) is 10.6. The van der Waals surface area contributed by atoms with Gasteiger partial charge in [0, 0.05) is 0 Å². The van der Waals surface area contributed by atoms with Crippen molar-refractivity contribution in [3.05, 3.63) is 35.9 Å². The van der Waals surface area contributed by atoms with Crippen molar-refractivity contribution in [3.63, 3.8) is 0 Å². The fourth-order valence-electron chi connectivity index (χ4n) is 0.878. The molecule has 1 aromatic carbocycles. The zero-order valence-corrected chi connectivity index (χ0v) is 7.57. The van der Waals surface area contributed by atoms with Gasteiger partial charge in [-0.2, -0.15) is 0 Å². The van der Waals surface area contributed by atoms with Crippen LogP contribution in [0.1, 0.15) is 12.5 Å². The summed E-state index contributed by atoms with van der Waals surface area (Å²) in [7, 11) is 0. The Kier molecular flexibility index (Phi) is 3.46. The summed E-state index contributed by atoms with van der Waals surface area (Å²) in [6.07, 6.45) is -0.528. The first-order valence-electron chi connectivity index (χ1n) is 4.15. The molecule has 0 spiro atoms. The molecule has 13 heavy (non-hydrogen) atoms. The lowest BCUT2D eigenvalue weighted by Gasteiger charge is -2.08. The monoisotopic (exact) mass is 179 g/mol. The molecule has 0 aromatic heterocycles. The maximum Gasteiger partial charge on any atom is 0.246 e. The van der Waals surface area contributed by atoms with Crippen LogP contribution in [0, 0.1) is 0 Å². The number of hydrogen-bond acceptors (Lipinski definition) is 2. The molecule has 3 heteroatoms. The number of rotatable bonds is 4. The van der Waals surface area contributed by atoms with E-state index < -0.39 is 12.0 Å². The number of benzene rings is 1. The van der Waals surface area contributed by atoms with E-state index >= 15 is 0 Å². The maximum atomic E-state index is 10.6. The molecule has 0 aliphatic heterocycles. The van der Waals surface area contributed by atoms with E-state index in [1.165, 1.54) is 0 Å². The lowest BCUT2D eigenvalue weighted by molar-refractivity contribution is -0.129. The summed E-state index contributed by atoms with van der Waals surface area (Å²) in [6.45, 7) is 2.07. The van der Waals surface area contributed by atoms with E-state index in [1.807, 2.05) is 30.3 Å². The molecule has 0 saturated carbocycles. The van der Waals surface area contributed by atoms with Crippen molar-refractivity contribution in [3.8, 4) is 0 Å². The Balaban J connectivity index is 2.39. The Bertz CT molecular complexity index is 272. The van der Waals surface area contributed by atoms with Crippen LogP contribution >= 0.6 is 0 Å². The van der Waals surface area contributed by atoms with E-state index in [9.17, 15) is 4.79 Å². The van der Waals surface area contributed by atoms with Crippen molar-refractivity contribution < 1.29 is 9.53 Å². The molecular weight excluding hydrogens is 166 g/mol. The summed E-state index contributed by atoms with van der Waals surface area (Å²) in [6, 6.07) is 9.66. The molecule has 0 heterocycles. The number of carbonyl (C=O) groups is 1. The summed E-state index contributed by atoms with van der Waals surface area (Å²) in [5.41, 5.74) is 6.07. The van der Waals surface area contributed by atoms with E-state index in [4.69, 9.17) is 10.5 Å². The third-order valence-corrected chi connectivity index (χ3v) is 1.74. The molecular formula is C10H13NO2. The normalized spacial score (nSPS) is 12.4. The van der Waals surface area contributed by atoms with E-state index in [1.54, 1.807) is 6.92 Å². The topological polar surface area (TPSA) is 52.3 Å². The first kappa shape index (κ1) is 9.74. The molecule has 0 aliphatic carbocycles. The summed E-state index contributed by atoms with van der Waals surface area (Å²) in [5, 5.41) is 0. The second-order valence-corrected chi connectivity index (χ2v) is 2.84. The van der Waals surface area contributed by atoms with Gasteiger partial charge in [-0.05, 0) is 12.5 Å². The van der Waals surface area contributed by atoms with E-state index in [2.05, 4.69) is 0 Å². The third kappa shape index (κ3) is 3.25. The molecule has 0 unspecified atom stereocenters. The van der Waals surface area contributed by atoms with Gasteiger partial charge >= 0.3 is 0 Å². The van der Waals surface area contributed by atoms with Crippen molar-refractivity contribution >= 4 is 5.91 Å². The SMILES string of the molecule is C[C@@H](OCc1ccccc1)C(N)=O. The van der Waals surface area contributed by atoms with Crippen LogP contribution in [0.25, 0.3) is 0 Å². The lowest BCUT2D eigenvalue weighted by Crippen LogP contribution is -2.27. The Hall–Kier alpha value is -1.35. The van der Waals surface area contributed by atoms with E-state index in [0.29, 0.717) is 6.61 Å². The highest BCUT2D eigenvalue weighted by Gasteiger charge is 2.07. The minimum atomic E-state index is -0.528. The smallest absolute Gasteiger partial charge is 0.246 e.